The lowest BCUT2D eigenvalue weighted by atomic mass is 9.71. The molecule has 1 spiro atoms. The summed E-state index contributed by atoms with van der Waals surface area (Å²) in [6.45, 7) is 2.64. The fourth-order valence-electron chi connectivity index (χ4n) is 3.91. The van der Waals surface area contributed by atoms with Crippen LogP contribution in [0.4, 0.5) is 4.79 Å². The molecular formula is C15H22N4O. The predicted molar refractivity (Wildman–Crippen MR) is 77.0 cm³/mol. The van der Waals surface area contributed by atoms with Gasteiger partial charge in [0.1, 0.15) is 0 Å². The van der Waals surface area contributed by atoms with Gasteiger partial charge in [-0.3, -0.25) is 9.88 Å². The third kappa shape index (κ3) is 2.16. The van der Waals surface area contributed by atoms with Crippen molar-refractivity contribution in [2.75, 3.05) is 26.7 Å². The Morgan fingerprint density at radius 1 is 1.30 bits per heavy atom. The molecule has 0 bridgehead atoms. The number of pyridine rings is 1. The van der Waals surface area contributed by atoms with Gasteiger partial charge in [0, 0.05) is 19.3 Å². The third-order valence-corrected chi connectivity index (χ3v) is 5.02. The van der Waals surface area contributed by atoms with Crippen molar-refractivity contribution in [1.29, 1.82) is 0 Å². The van der Waals surface area contributed by atoms with E-state index in [0.29, 0.717) is 6.04 Å². The van der Waals surface area contributed by atoms with Crippen LogP contribution in [-0.2, 0) is 0 Å². The van der Waals surface area contributed by atoms with Crippen LogP contribution < -0.4 is 5.73 Å². The molecule has 5 nitrogen and oxygen atoms in total. The summed E-state index contributed by atoms with van der Waals surface area (Å²) in [5.41, 5.74) is 6.79. The Hall–Kier alpha value is -1.62. The molecule has 0 aromatic carbocycles. The zero-order chi connectivity index (χ0) is 14.2. The molecule has 2 N–H and O–H groups in total. The highest BCUT2D eigenvalue weighted by molar-refractivity contribution is 5.72. The summed E-state index contributed by atoms with van der Waals surface area (Å²) >= 11 is 0. The Morgan fingerprint density at radius 3 is 2.60 bits per heavy atom. The van der Waals surface area contributed by atoms with Crippen molar-refractivity contribution in [3.8, 4) is 0 Å². The molecule has 20 heavy (non-hydrogen) atoms. The average molecular weight is 274 g/mol. The van der Waals surface area contributed by atoms with Crippen molar-refractivity contribution in [3.05, 3.63) is 30.1 Å². The van der Waals surface area contributed by atoms with Crippen molar-refractivity contribution in [3.63, 3.8) is 0 Å². The van der Waals surface area contributed by atoms with E-state index in [2.05, 4.69) is 29.1 Å². The maximum atomic E-state index is 11.3. The number of carbonyl (C=O) groups excluding carboxylic acids is 1. The number of aromatic nitrogens is 1. The molecule has 3 heterocycles. The molecule has 0 aliphatic carbocycles. The molecule has 5 heteroatoms. The number of likely N-dealkylation sites (tertiary alicyclic amines) is 2. The number of hydrogen-bond donors (Lipinski definition) is 1. The minimum absolute atomic E-state index is 0.245. The third-order valence-electron chi connectivity index (χ3n) is 5.02. The maximum Gasteiger partial charge on any atom is 0.314 e. The Bertz CT molecular complexity index is 482. The monoisotopic (exact) mass is 274 g/mol. The van der Waals surface area contributed by atoms with Gasteiger partial charge in [0.05, 0.1) is 11.7 Å². The first-order valence-corrected chi connectivity index (χ1v) is 7.28. The van der Waals surface area contributed by atoms with Gasteiger partial charge >= 0.3 is 6.03 Å². The number of carbonyl (C=O) groups is 1. The normalized spacial score (nSPS) is 26.1. The van der Waals surface area contributed by atoms with E-state index in [9.17, 15) is 4.79 Å². The van der Waals surface area contributed by atoms with Crippen LogP contribution in [0.25, 0.3) is 0 Å². The van der Waals surface area contributed by atoms with Gasteiger partial charge in [-0.2, -0.15) is 0 Å². The van der Waals surface area contributed by atoms with Crippen molar-refractivity contribution < 1.29 is 4.79 Å². The zero-order valence-corrected chi connectivity index (χ0v) is 12.0. The molecule has 3 rings (SSSR count). The van der Waals surface area contributed by atoms with Crippen molar-refractivity contribution in [2.45, 2.75) is 25.3 Å². The van der Waals surface area contributed by atoms with Gasteiger partial charge in [0.25, 0.3) is 0 Å². The van der Waals surface area contributed by atoms with Crippen LogP contribution in [0, 0.1) is 5.41 Å². The van der Waals surface area contributed by atoms with Crippen molar-refractivity contribution in [1.82, 2.24) is 14.8 Å². The fourth-order valence-corrected chi connectivity index (χ4v) is 3.91. The quantitative estimate of drug-likeness (QED) is 0.846. The van der Waals surface area contributed by atoms with Crippen LogP contribution in [0.1, 0.15) is 31.0 Å². The highest BCUT2D eigenvalue weighted by Crippen LogP contribution is 2.52. The second-order valence-electron chi connectivity index (χ2n) is 6.08. The van der Waals surface area contributed by atoms with Gasteiger partial charge in [-0.15, -0.1) is 0 Å². The minimum Gasteiger partial charge on any atom is -0.351 e. The first-order chi connectivity index (χ1) is 9.62. The largest absolute Gasteiger partial charge is 0.351 e. The molecule has 2 aliphatic rings. The topological polar surface area (TPSA) is 62.5 Å². The molecule has 2 aliphatic heterocycles. The van der Waals surface area contributed by atoms with Gasteiger partial charge in [-0.1, -0.05) is 6.07 Å². The molecule has 0 saturated carbocycles. The van der Waals surface area contributed by atoms with E-state index in [-0.39, 0.29) is 11.4 Å². The van der Waals surface area contributed by atoms with Crippen molar-refractivity contribution >= 4 is 6.03 Å². The molecule has 1 aromatic rings. The van der Waals surface area contributed by atoms with Crippen LogP contribution in [0.5, 0.6) is 0 Å². The lowest BCUT2D eigenvalue weighted by molar-refractivity contribution is 0.0821. The first kappa shape index (κ1) is 13.4. The number of nitrogens with zero attached hydrogens (tertiary/aromatic N) is 3. The first-order valence-electron chi connectivity index (χ1n) is 7.28. The van der Waals surface area contributed by atoms with Gasteiger partial charge in [0.2, 0.25) is 0 Å². The molecule has 1 unspecified atom stereocenters. The van der Waals surface area contributed by atoms with Gasteiger partial charge in [-0.05, 0) is 50.4 Å². The smallest absolute Gasteiger partial charge is 0.314 e. The number of amides is 2. The lowest BCUT2D eigenvalue weighted by Gasteiger charge is -2.43. The highest BCUT2D eigenvalue weighted by atomic mass is 16.2. The Labute approximate surface area is 119 Å². The SMILES string of the molecule is CN1CCC2(CCN(C(N)=O)CC2)C1c1ccccn1. The minimum atomic E-state index is -0.291. The molecule has 0 radical (unpaired) electrons. The summed E-state index contributed by atoms with van der Waals surface area (Å²) in [4.78, 5) is 20.0. The maximum absolute atomic E-state index is 11.3. The number of rotatable bonds is 1. The standard InChI is InChI=1S/C15H22N4O/c1-18-9-5-15(6-10-19(11-7-15)14(16)20)13(18)12-4-2-3-8-17-12/h2-4,8,13H,5-7,9-11H2,1H3,(H2,16,20). The number of piperidine rings is 1. The van der Waals surface area contributed by atoms with Crippen LogP contribution in [-0.4, -0.2) is 47.5 Å². The van der Waals surface area contributed by atoms with E-state index >= 15 is 0 Å². The van der Waals surface area contributed by atoms with E-state index in [1.165, 1.54) is 6.42 Å². The Kier molecular flexibility index (Phi) is 3.38. The number of primary amides is 1. The highest BCUT2D eigenvalue weighted by Gasteiger charge is 2.48. The number of nitrogens with two attached hydrogens (primary N) is 1. The number of hydrogen-bond acceptors (Lipinski definition) is 3. The second kappa shape index (κ2) is 5.05. The Morgan fingerprint density at radius 2 is 2.00 bits per heavy atom. The van der Waals surface area contributed by atoms with Crippen LogP contribution in [0.3, 0.4) is 0 Å². The van der Waals surface area contributed by atoms with Gasteiger partial charge in [-0.25, -0.2) is 4.79 Å². The summed E-state index contributed by atoms with van der Waals surface area (Å²) in [6, 6.07) is 6.20. The van der Waals surface area contributed by atoms with E-state index in [1.54, 1.807) is 4.90 Å². The summed E-state index contributed by atoms with van der Waals surface area (Å²) in [5, 5.41) is 0. The van der Waals surface area contributed by atoms with E-state index < -0.39 is 0 Å². The zero-order valence-electron chi connectivity index (χ0n) is 12.0. The molecule has 2 amide bonds. The number of urea groups is 1. The van der Waals surface area contributed by atoms with Crippen LogP contribution in [0.15, 0.2) is 24.4 Å². The van der Waals surface area contributed by atoms with Crippen LogP contribution >= 0.6 is 0 Å². The van der Waals surface area contributed by atoms with Crippen molar-refractivity contribution in [2.24, 2.45) is 11.1 Å². The molecule has 108 valence electrons. The summed E-state index contributed by atoms with van der Waals surface area (Å²) < 4.78 is 0. The molecular weight excluding hydrogens is 252 g/mol. The summed E-state index contributed by atoms with van der Waals surface area (Å²) in [6.07, 6.45) is 5.08. The van der Waals surface area contributed by atoms with E-state index in [4.69, 9.17) is 5.73 Å². The molecule has 1 aromatic heterocycles. The van der Waals surface area contributed by atoms with Crippen LogP contribution in [0.2, 0.25) is 0 Å². The molecule has 2 saturated heterocycles. The molecule has 2 fully saturated rings. The molecule has 1 atom stereocenters. The average Bonchev–Trinajstić information content (AvgIpc) is 2.77. The summed E-state index contributed by atoms with van der Waals surface area (Å²) in [5.74, 6) is 0. The summed E-state index contributed by atoms with van der Waals surface area (Å²) in [7, 11) is 2.18. The van der Waals surface area contributed by atoms with E-state index in [0.717, 1.165) is 38.2 Å². The van der Waals surface area contributed by atoms with E-state index in [1.807, 2.05) is 12.3 Å². The van der Waals surface area contributed by atoms with Gasteiger partial charge in [0.15, 0.2) is 0 Å². The van der Waals surface area contributed by atoms with Gasteiger partial charge < -0.3 is 10.6 Å². The lowest BCUT2D eigenvalue weighted by Crippen LogP contribution is -2.47. The Balaban J connectivity index is 1.84. The fraction of sp³-hybridized carbons (Fsp3) is 0.600. The predicted octanol–water partition coefficient (Wildman–Crippen LogP) is 1.62. The second-order valence-corrected chi connectivity index (χ2v) is 6.08.